The minimum atomic E-state index is -3.73. The molecular weight excluding hydrogens is 167 g/mol. The summed E-state index contributed by atoms with van der Waals surface area (Å²) in [5.41, 5.74) is 0. The molecule has 0 saturated heterocycles. The first-order chi connectivity index (χ1) is 4.90. The van der Waals surface area contributed by atoms with Gasteiger partial charge in [0.25, 0.3) is 5.92 Å². The van der Waals surface area contributed by atoms with Crippen molar-refractivity contribution in [3.63, 3.8) is 0 Å². The van der Waals surface area contributed by atoms with Gasteiger partial charge in [-0.15, -0.1) is 0 Å². The van der Waals surface area contributed by atoms with Gasteiger partial charge in [-0.05, 0) is 6.92 Å². The summed E-state index contributed by atoms with van der Waals surface area (Å²) in [4.78, 5) is 0. The second kappa shape index (κ2) is 3.88. The molecule has 0 heterocycles. The molecule has 67 valence electrons. The highest BCUT2D eigenvalue weighted by Crippen LogP contribution is 2.28. The summed E-state index contributed by atoms with van der Waals surface area (Å²) >= 11 is 0. The molecule has 0 nitrogen and oxygen atoms in total. The van der Waals surface area contributed by atoms with E-state index >= 15 is 0 Å². The van der Waals surface area contributed by atoms with Gasteiger partial charge in [0.1, 0.15) is 0 Å². The Hall–Kier alpha value is -0.350. The molecule has 0 unspecified atom stereocenters. The van der Waals surface area contributed by atoms with Crippen LogP contribution < -0.4 is 0 Å². The van der Waals surface area contributed by atoms with E-state index in [1.54, 1.807) is 0 Å². The van der Waals surface area contributed by atoms with Crippen LogP contribution in [0.25, 0.3) is 0 Å². The van der Waals surface area contributed by atoms with E-state index in [1.165, 1.54) is 0 Å². The molecule has 0 N–H and O–H groups in total. The van der Waals surface area contributed by atoms with Gasteiger partial charge < -0.3 is 0 Å². The van der Waals surface area contributed by atoms with Crippen molar-refractivity contribution in [3.8, 4) is 0 Å². The maximum atomic E-state index is 12.2. The first-order valence-electron chi connectivity index (χ1n) is 2.99. The molecule has 0 aliphatic rings. The summed E-state index contributed by atoms with van der Waals surface area (Å²) in [5, 5.41) is 0. The van der Waals surface area contributed by atoms with Crippen molar-refractivity contribution in [1.29, 1.82) is 0 Å². The van der Waals surface area contributed by atoms with Crippen LogP contribution in [0.2, 0.25) is 0 Å². The summed E-state index contributed by atoms with van der Waals surface area (Å²) in [6.45, 7) is 2.75. The van der Waals surface area contributed by atoms with Gasteiger partial charge in [0.2, 0.25) is 6.43 Å². The fraction of sp³-hybridized carbons (Fsp3) is 0.833. The van der Waals surface area contributed by atoms with E-state index in [4.69, 9.17) is 0 Å². The lowest BCUT2D eigenvalue weighted by atomic mass is 10.1. The highest BCUT2D eigenvalue weighted by molar-refractivity contribution is 4.78. The van der Waals surface area contributed by atoms with Gasteiger partial charge in [-0.3, -0.25) is 0 Å². The highest BCUT2D eigenvalue weighted by atomic mass is 19.3. The van der Waals surface area contributed by atoms with Crippen LogP contribution in [-0.4, -0.2) is 18.5 Å². The summed E-state index contributed by atoms with van der Waals surface area (Å²) < 4.78 is 59.1. The molecule has 0 bridgehead atoms. The Kier molecular flexibility index (Phi) is 3.75. The molecule has 1 atom stereocenters. The highest BCUT2D eigenvalue weighted by Gasteiger charge is 2.39. The normalized spacial score (nSPS) is 15.5. The second-order valence-corrected chi connectivity index (χ2v) is 2.11. The Morgan fingerprint density at radius 3 is 1.91 bits per heavy atom. The Morgan fingerprint density at radius 1 is 1.18 bits per heavy atom. The van der Waals surface area contributed by atoms with Gasteiger partial charge >= 0.3 is 0 Å². The second-order valence-electron chi connectivity index (χ2n) is 2.11. The largest absolute Gasteiger partial charge is 0.278 e. The molecule has 0 fully saturated rings. The molecule has 0 saturated carbocycles. The van der Waals surface area contributed by atoms with E-state index in [0.29, 0.717) is 0 Å². The zero-order valence-electron chi connectivity index (χ0n) is 5.67. The molecule has 0 aliphatic carbocycles. The van der Waals surface area contributed by atoms with Gasteiger partial charge in [0.05, 0.1) is 0 Å². The fourth-order valence-electron chi connectivity index (χ4n) is 0.485. The topological polar surface area (TPSA) is 0 Å². The minimum Gasteiger partial charge on any atom is -0.241 e. The van der Waals surface area contributed by atoms with E-state index in [0.717, 1.165) is 0 Å². The number of alkyl halides is 5. The quantitative estimate of drug-likeness (QED) is 0.576. The minimum absolute atomic E-state index is 0.999. The summed E-state index contributed by atoms with van der Waals surface area (Å²) in [5.74, 6) is -3.73. The molecule has 0 spiro atoms. The van der Waals surface area contributed by atoms with Gasteiger partial charge in [-0.1, -0.05) is 0 Å². The standard InChI is InChI=1S/C6H8F5/c1-2-6(10,11)4(7)3-5(8)9/h4-5H,1-3H2/t4-/m0/s1. The van der Waals surface area contributed by atoms with E-state index in [2.05, 4.69) is 6.92 Å². The van der Waals surface area contributed by atoms with Crippen LogP contribution in [0.5, 0.6) is 0 Å². The molecule has 0 aromatic rings. The fourth-order valence-corrected chi connectivity index (χ4v) is 0.485. The molecule has 5 heteroatoms. The van der Waals surface area contributed by atoms with E-state index < -0.39 is 31.4 Å². The SMILES string of the molecule is [CH2]CC(F)(F)[C@@H](F)CC(F)F. The number of rotatable bonds is 4. The Labute approximate surface area is 61.4 Å². The predicted molar refractivity (Wildman–Crippen MR) is 30.4 cm³/mol. The van der Waals surface area contributed by atoms with Gasteiger partial charge in [0, 0.05) is 12.8 Å². The number of hydrogen-bond acceptors (Lipinski definition) is 0. The van der Waals surface area contributed by atoms with Crippen LogP contribution in [-0.2, 0) is 0 Å². The molecule has 1 radical (unpaired) electrons. The molecule has 0 aromatic heterocycles. The molecular formula is C6H8F5. The zero-order chi connectivity index (χ0) is 9.07. The lowest BCUT2D eigenvalue weighted by Crippen LogP contribution is -2.30. The van der Waals surface area contributed by atoms with Crippen LogP contribution in [0, 0.1) is 6.92 Å². The van der Waals surface area contributed by atoms with Gasteiger partial charge in [0.15, 0.2) is 6.17 Å². The molecule has 0 aromatic carbocycles. The van der Waals surface area contributed by atoms with Crippen LogP contribution >= 0.6 is 0 Å². The maximum Gasteiger partial charge on any atom is 0.278 e. The van der Waals surface area contributed by atoms with Gasteiger partial charge in [-0.25, -0.2) is 22.0 Å². The average Bonchev–Trinajstić information content (AvgIpc) is 1.86. The lowest BCUT2D eigenvalue weighted by molar-refractivity contribution is -0.0878. The van der Waals surface area contributed by atoms with Crippen molar-refractivity contribution >= 4 is 0 Å². The third-order valence-electron chi connectivity index (χ3n) is 1.18. The van der Waals surface area contributed by atoms with Crippen LogP contribution in [0.4, 0.5) is 22.0 Å². The molecule has 11 heavy (non-hydrogen) atoms. The smallest absolute Gasteiger partial charge is 0.241 e. The van der Waals surface area contributed by atoms with E-state index in [9.17, 15) is 22.0 Å². The third-order valence-corrected chi connectivity index (χ3v) is 1.18. The third kappa shape index (κ3) is 3.53. The molecule has 0 amide bonds. The zero-order valence-corrected chi connectivity index (χ0v) is 5.67. The van der Waals surface area contributed by atoms with Crippen molar-refractivity contribution < 1.29 is 22.0 Å². The Balaban J connectivity index is 3.90. The van der Waals surface area contributed by atoms with Gasteiger partial charge in [-0.2, -0.15) is 0 Å². The van der Waals surface area contributed by atoms with E-state index in [1.807, 2.05) is 0 Å². The summed E-state index contributed by atoms with van der Waals surface area (Å²) in [6, 6.07) is 0. The van der Waals surface area contributed by atoms with Crippen molar-refractivity contribution in [2.75, 3.05) is 0 Å². The first kappa shape index (κ1) is 10.7. The van der Waals surface area contributed by atoms with Crippen molar-refractivity contribution in [2.45, 2.75) is 31.4 Å². The number of hydrogen-bond donors (Lipinski definition) is 0. The summed E-state index contributed by atoms with van der Waals surface area (Å²) in [6.07, 6.45) is -8.26. The maximum absolute atomic E-state index is 12.2. The summed E-state index contributed by atoms with van der Waals surface area (Å²) in [7, 11) is 0. The van der Waals surface area contributed by atoms with Crippen molar-refractivity contribution in [3.05, 3.63) is 6.92 Å². The van der Waals surface area contributed by atoms with Crippen LogP contribution in [0.3, 0.4) is 0 Å². The van der Waals surface area contributed by atoms with Crippen molar-refractivity contribution in [1.82, 2.24) is 0 Å². The Bertz CT molecular complexity index is 112. The lowest BCUT2D eigenvalue weighted by Gasteiger charge is -2.17. The van der Waals surface area contributed by atoms with Crippen molar-refractivity contribution in [2.24, 2.45) is 0 Å². The monoisotopic (exact) mass is 175 g/mol. The average molecular weight is 175 g/mol. The van der Waals surface area contributed by atoms with E-state index in [-0.39, 0.29) is 0 Å². The number of halogens is 5. The van der Waals surface area contributed by atoms with Crippen LogP contribution in [0.15, 0.2) is 0 Å². The van der Waals surface area contributed by atoms with Crippen LogP contribution in [0.1, 0.15) is 12.8 Å². The predicted octanol–water partition coefficient (Wildman–Crippen LogP) is 2.84. The Morgan fingerprint density at radius 2 is 1.64 bits per heavy atom. The first-order valence-corrected chi connectivity index (χ1v) is 2.99. The molecule has 0 rings (SSSR count). The molecule has 0 aliphatic heterocycles.